The van der Waals surface area contributed by atoms with Crippen molar-refractivity contribution in [3.05, 3.63) is 58.7 Å². The van der Waals surface area contributed by atoms with Crippen molar-refractivity contribution in [2.24, 2.45) is 0 Å². The van der Waals surface area contributed by atoms with E-state index in [2.05, 4.69) is 27.1 Å². The number of halogens is 1. The Morgan fingerprint density at radius 1 is 1.32 bits per heavy atom. The van der Waals surface area contributed by atoms with Crippen molar-refractivity contribution in [3.63, 3.8) is 0 Å². The number of aliphatic hydroxyl groups is 1. The number of fused-ring (bicyclic) bond motifs is 1. The van der Waals surface area contributed by atoms with Gasteiger partial charge in [0.2, 0.25) is 0 Å². The van der Waals surface area contributed by atoms with E-state index in [1.54, 1.807) is 12.1 Å². The normalized spacial score (nSPS) is 17.6. The van der Waals surface area contributed by atoms with E-state index in [9.17, 15) is 14.3 Å². The summed E-state index contributed by atoms with van der Waals surface area (Å²) in [5.74, 6) is -0.651. The fourth-order valence-electron chi connectivity index (χ4n) is 4.29. The summed E-state index contributed by atoms with van der Waals surface area (Å²) in [6.45, 7) is 16.0. The van der Waals surface area contributed by atoms with E-state index in [-0.39, 0.29) is 11.7 Å². The monoisotopic (exact) mass is 470 g/mol. The SMILES string of the molecule is C=C(NCC(O)CN1CCOCC1)c1c(C)[nH]c(/C=C2\C(=O)Nc3ccc(F)cc32)c1C.CC. The molecule has 34 heavy (non-hydrogen) atoms. The number of aliphatic hydroxyl groups excluding tert-OH is 1. The Bertz CT molecular complexity index is 1070. The number of amides is 1. The van der Waals surface area contributed by atoms with Crippen molar-refractivity contribution >= 4 is 28.9 Å². The molecule has 0 saturated carbocycles. The van der Waals surface area contributed by atoms with Gasteiger partial charge in [0.25, 0.3) is 5.91 Å². The summed E-state index contributed by atoms with van der Waals surface area (Å²) in [4.78, 5) is 17.9. The lowest BCUT2D eigenvalue weighted by Crippen LogP contribution is -2.43. The van der Waals surface area contributed by atoms with Gasteiger partial charge in [-0.3, -0.25) is 9.69 Å². The van der Waals surface area contributed by atoms with E-state index in [1.165, 1.54) is 12.1 Å². The van der Waals surface area contributed by atoms with Crippen LogP contribution in [-0.2, 0) is 9.53 Å². The third-order valence-corrected chi connectivity index (χ3v) is 5.95. The molecule has 2 aliphatic rings. The Morgan fingerprint density at radius 2 is 2.03 bits per heavy atom. The zero-order valence-electron chi connectivity index (χ0n) is 20.4. The number of morpholine rings is 1. The van der Waals surface area contributed by atoms with Crippen LogP contribution in [0.1, 0.15) is 41.9 Å². The molecule has 1 unspecified atom stereocenters. The third kappa shape index (κ3) is 5.75. The highest BCUT2D eigenvalue weighted by Gasteiger charge is 2.25. The van der Waals surface area contributed by atoms with Gasteiger partial charge in [-0.25, -0.2) is 4.39 Å². The van der Waals surface area contributed by atoms with Crippen molar-refractivity contribution < 1.29 is 19.0 Å². The summed E-state index contributed by atoms with van der Waals surface area (Å²) in [5, 5.41) is 16.4. The van der Waals surface area contributed by atoms with Gasteiger partial charge >= 0.3 is 0 Å². The number of hydrogen-bond donors (Lipinski definition) is 4. The molecule has 184 valence electrons. The molecule has 0 aliphatic carbocycles. The maximum absolute atomic E-state index is 13.7. The van der Waals surface area contributed by atoms with Crippen LogP contribution in [0.25, 0.3) is 17.3 Å². The quantitative estimate of drug-likeness (QED) is 0.465. The number of anilines is 1. The topological polar surface area (TPSA) is 89.6 Å². The molecule has 2 aliphatic heterocycles. The standard InChI is InChI=1S/C24H29FN4O3.C2H6/c1-14-22(11-20-19-10-17(25)4-5-21(19)28-24(20)31)27-16(3)23(14)15(2)26-12-18(30)13-29-6-8-32-9-7-29;1-2/h4-5,10-11,18,26-27,30H,2,6-9,12-13H2,1,3H3,(H,28,31);1-2H3/b20-11-;. The van der Waals surface area contributed by atoms with E-state index in [4.69, 9.17) is 4.74 Å². The minimum atomic E-state index is -0.528. The second-order valence-corrected chi connectivity index (χ2v) is 8.29. The van der Waals surface area contributed by atoms with E-state index in [0.717, 1.165) is 35.6 Å². The Morgan fingerprint density at radius 3 is 2.74 bits per heavy atom. The smallest absolute Gasteiger partial charge is 0.256 e. The highest BCUT2D eigenvalue weighted by Crippen LogP contribution is 2.35. The molecule has 3 heterocycles. The van der Waals surface area contributed by atoms with Crippen LogP contribution in [0.5, 0.6) is 0 Å². The number of aromatic amines is 1. The molecule has 8 heteroatoms. The number of ether oxygens (including phenoxy) is 1. The number of nitrogens with one attached hydrogen (secondary N) is 3. The summed E-state index contributed by atoms with van der Waals surface area (Å²) < 4.78 is 19.1. The van der Waals surface area contributed by atoms with Crippen LogP contribution in [0.15, 0.2) is 24.8 Å². The van der Waals surface area contributed by atoms with Crippen molar-refractivity contribution in [2.75, 3.05) is 44.7 Å². The van der Waals surface area contributed by atoms with E-state index < -0.39 is 6.10 Å². The Labute approximate surface area is 200 Å². The number of benzene rings is 1. The first-order chi connectivity index (χ1) is 16.3. The van der Waals surface area contributed by atoms with Crippen LogP contribution in [0.2, 0.25) is 0 Å². The predicted octanol–water partition coefficient (Wildman–Crippen LogP) is 3.54. The second-order valence-electron chi connectivity index (χ2n) is 8.29. The van der Waals surface area contributed by atoms with Crippen LogP contribution in [0.3, 0.4) is 0 Å². The van der Waals surface area contributed by atoms with Crippen molar-refractivity contribution in [1.82, 2.24) is 15.2 Å². The number of aryl methyl sites for hydroxylation is 1. The van der Waals surface area contributed by atoms with Gasteiger partial charge in [-0.05, 0) is 43.7 Å². The molecule has 1 fully saturated rings. The van der Waals surface area contributed by atoms with E-state index in [1.807, 2.05) is 27.7 Å². The minimum Gasteiger partial charge on any atom is -0.390 e. The largest absolute Gasteiger partial charge is 0.390 e. The summed E-state index contributed by atoms with van der Waals surface area (Å²) in [7, 11) is 0. The summed E-state index contributed by atoms with van der Waals surface area (Å²) >= 11 is 0. The third-order valence-electron chi connectivity index (χ3n) is 5.95. The summed E-state index contributed by atoms with van der Waals surface area (Å²) in [5.41, 5.74) is 5.75. The number of hydrogen-bond acceptors (Lipinski definition) is 5. The minimum absolute atomic E-state index is 0.262. The van der Waals surface area contributed by atoms with Crippen molar-refractivity contribution in [1.29, 1.82) is 0 Å². The number of rotatable bonds is 7. The first kappa shape index (κ1) is 25.7. The maximum Gasteiger partial charge on any atom is 0.256 e. The molecule has 0 bridgehead atoms. The summed E-state index contributed by atoms with van der Waals surface area (Å²) in [6, 6.07) is 4.25. The Kier molecular flexibility index (Phi) is 8.66. The fourth-order valence-corrected chi connectivity index (χ4v) is 4.29. The van der Waals surface area contributed by atoms with Gasteiger partial charge < -0.3 is 25.5 Å². The van der Waals surface area contributed by atoms with Gasteiger partial charge in [0.05, 0.1) is 24.9 Å². The lowest BCUT2D eigenvalue weighted by atomic mass is 10.0. The van der Waals surface area contributed by atoms with Gasteiger partial charge in [-0.15, -0.1) is 0 Å². The predicted molar refractivity (Wildman–Crippen MR) is 135 cm³/mol. The highest BCUT2D eigenvalue weighted by molar-refractivity contribution is 6.34. The lowest BCUT2D eigenvalue weighted by Gasteiger charge is -2.28. The molecule has 1 aromatic carbocycles. The molecule has 1 saturated heterocycles. The highest BCUT2D eigenvalue weighted by atomic mass is 19.1. The molecule has 1 aromatic heterocycles. The zero-order valence-corrected chi connectivity index (χ0v) is 20.4. The fraction of sp³-hybridized carbons (Fsp3) is 0.423. The number of aromatic nitrogens is 1. The van der Waals surface area contributed by atoms with Gasteiger partial charge in [0, 0.05) is 60.1 Å². The number of β-amino-alcohol motifs (C(OH)–C–C–N with tert-alkyl or cyclic N) is 1. The molecule has 2 aromatic rings. The first-order valence-electron chi connectivity index (χ1n) is 11.8. The van der Waals surface area contributed by atoms with Gasteiger partial charge in [0.15, 0.2) is 0 Å². The van der Waals surface area contributed by atoms with Crippen LogP contribution >= 0.6 is 0 Å². The average molecular weight is 471 g/mol. The average Bonchev–Trinajstić information content (AvgIpc) is 3.29. The van der Waals surface area contributed by atoms with E-state index in [0.29, 0.717) is 48.8 Å². The van der Waals surface area contributed by atoms with Gasteiger partial charge in [-0.2, -0.15) is 0 Å². The van der Waals surface area contributed by atoms with Crippen LogP contribution in [0, 0.1) is 19.7 Å². The first-order valence-corrected chi connectivity index (χ1v) is 11.8. The van der Waals surface area contributed by atoms with Crippen LogP contribution in [0.4, 0.5) is 10.1 Å². The number of carbonyl (C=O) groups is 1. The molecule has 7 nitrogen and oxygen atoms in total. The number of nitrogens with zero attached hydrogens (tertiary/aromatic N) is 1. The van der Waals surface area contributed by atoms with Crippen molar-refractivity contribution in [2.45, 2.75) is 33.8 Å². The Balaban J connectivity index is 0.00000158. The van der Waals surface area contributed by atoms with Gasteiger partial charge in [0.1, 0.15) is 5.82 Å². The van der Waals surface area contributed by atoms with Crippen LogP contribution in [-0.4, -0.2) is 66.4 Å². The molecule has 4 rings (SSSR count). The van der Waals surface area contributed by atoms with Gasteiger partial charge in [-0.1, -0.05) is 20.4 Å². The van der Waals surface area contributed by atoms with Crippen molar-refractivity contribution in [3.8, 4) is 0 Å². The molecule has 0 spiro atoms. The number of H-pyrrole nitrogens is 1. The molecule has 4 N–H and O–H groups in total. The second kappa shape index (κ2) is 11.5. The molecular weight excluding hydrogens is 435 g/mol. The molecule has 1 atom stereocenters. The van der Waals surface area contributed by atoms with Crippen LogP contribution < -0.4 is 10.6 Å². The van der Waals surface area contributed by atoms with E-state index >= 15 is 0 Å². The molecule has 0 radical (unpaired) electrons. The molecule has 1 amide bonds. The maximum atomic E-state index is 13.7. The Hall–Kier alpha value is -2.94. The summed E-state index contributed by atoms with van der Waals surface area (Å²) in [6.07, 6.45) is 1.21. The zero-order chi connectivity index (χ0) is 24.8. The lowest BCUT2D eigenvalue weighted by molar-refractivity contribution is -0.110. The molecular formula is C26H35FN4O3. The number of carbonyl (C=O) groups excluding carboxylic acids is 1.